The van der Waals surface area contributed by atoms with Crippen molar-refractivity contribution in [3.05, 3.63) is 24.0 Å². The highest BCUT2D eigenvalue weighted by Crippen LogP contribution is 2.21. The van der Waals surface area contributed by atoms with E-state index in [9.17, 15) is 4.39 Å². The van der Waals surface area contributed by atoms with E-state index in [0.29, 0.717) is 12.5 Å². The molecule has 0 aromatic carbocycles. The maximum absolute atomic E-state index is 13.9. The Kier molecular flexibility index (Phi) is 4.17. The fourth-order valence-electron chi connectivity index (χ4n) is 2.29. The minimum absolute atomic E-state index is 0.0922. The van der Waals surface area contributed by atoms with Gasteiger partial charge in [-0.1, -0.05) is 13.8 Å². The number of alkyl halides is 1. The number of piperidine rings is 1. The molecule has 1 unspecified atom stereocenters. The molecule has 1 saturated heterocycles. The number of halogens is 1. The summed E-state index contributed by atoms with van der Waals surface area (Å²) < 4.78 is 13.9. The third-order valence-electron chi connectivity index (χ3n) is 3.52. The number of nitrogens with one attached hydrogen (secondary N) is 1. The van der Waals surface area contributed by atoms with Crippen LogP contribution >= 0.6 is 0 Å². The molecule has 0 saturated carbocycles. The van der Waals surface area contributed by atoms with E-state index in [4.69, 9.17) is 0 Å². The molecule has 0 aliphatic carbocycles. The Morgan fingerprint density at radius 1 is 1.44 bits per heavy atom. The summed E-state index contributed by atoms with van der Waals surface area (Å²) in [4.78, 5) is 6.25. The van der Waals surface area contributed by atoms with E-state index in [1.807, 2.05) is 18.1 Å². The van der Waals surface area contributed by atoms with Crippen molar-refractivity contribution in [2.75, 3.05) is 25.5 Å². The van der Waals surface area contributed by atoms with Crippen LogP contribution in [0, 0.1) is 0 Å². The second-order valence-electron chi connectivity index (χ2n) is 5.48. The maximum Gasteiger partial charge on any atom is 0.133 e. The van der Waals surface area contributed by atoms with Gasteiger partial charge in [-0.05, 0) is 31.0 Å². The Morgan fingerprint density at radius 3 is 2.89 bits per heavy atom. The van der Waals surface area contributed by atoms with Crippen LogP contribution in [0.3, 0.4) is 0 Å². The summed E-state index contributed by atoms with van der Waals surface area (Å²) >= 11 is 0. The summed E-state index contributed by atoms with van der Waals surface area (Å²) in [6.45, 7) is 5.72. The fourth-order valence-corrected chi connectivity index (χ4v) is 2.29. The summed E-state index contributed by atoms with van der Waals surface area (Å²) in [5.41, 5.74) is 2.11. The van der Waals surface area contributed by atoms with Gasteiger partial charge in [-0.3, -0.25) is 4.98 Å². The largest absolute Gasteiger partial charge is 0.378 e. The normalized spacial score (nSPS) is 25.4. The van der Waals surface area contributed by atoms with Crippen molar-refractivity contribution < 1.29 is 4.39 Å². The number of rotatable bonds is 3. The molecule has 1 aliphatic rings. The molecule has 0 spiro atoms. The predicted molar refractivity (Wildman–Crippen MR) is 72.7 cm³/mol. The molecule has 0 radical (unpaired) electrons. The molecular formula is C14H22FN3. The molecule has 4 heteroatoms. The van der Waals surface area contributed by atoms with Crippen LogP contribution in [-0.2, 0) is 0 Å². The van der Waals surface area contributed by atoms with Gasteiger partial charge >= 0.3 is 0 Å². The smallest absolute Gasteiger partial charge is 0.133 e. The molecule has 2 rings (SSSR count). The van der Waals surface area contributed by atoms with E-state index < -0.39 is 6.17 Å². The number of likely N-dealkylation sites (tertiary alicyclic amines) is 1. The average molecular weight is 251 g/mol. The van der Waals surface area contributed by atoms with Gasteiger partial charge in [0.05, 0.1) is 11.7 Å². The first-order valence-electron chi connectivity index (χ1n) is 6.60. The van der Waals surface area contributed by atoms with Gasteiger partial charge in [-0.15, -0.1) is 0 Å². The van der Waals surface area contributed by atoms with Crippen LogP contribution in [0.1, 0.15) is 31.7 Å². The standard InChI is InChI=1S/C14H22FN3/c1-10(2)11-6-12(8-16-7-11)17-14-4-5-18(3)9-13(14)15/h6-8,10,13-14,17H,4-5,9H2,1-3H3/t13-,14?/m0/s1. The van der Waals surface area contributed by atoms with Crippen molar-refractivity contribution >= 4 is 5.69 Å². The van der Waals surface area contributed by atoms with Crippen LogP contribution in [0.4, 0.5) is 10.1 Å². The monoisotopic (exact) mass is 251 g/mol. The van der Waals surface area contributed by atoms with Gasteiger partial charge < -0.3 is 10.2 Å². The number of anilines is 1. The SMILES string of the molecule is CC(C)c1cncc(NC2CCN(C)C[C@@H]2F)c1. The van der Waals surface area contributed by atoms with E-state index in [0.717, 1.165) is 18.7 Å². The summed E-state index contributed by atoms with van der Waals surface area (Å²) in [5.74, 6) is 0.443. The van der Waals surface area contributed by atoms with Gasteiger partial charge in [-0.2, -0.15) is 0 Å². The number of aromatic nitrogens is 1. The van der Waals surface area contributed by atoms with Gasteiger partial charge in [0.2, 0.25) is 0 Å². The minimum atomic E-state index is -0.813. The molecule has 18 heavy (non-hydrogen) atoms. The number of pyridine rings is 1. The zero-order valence-corrected chi connectivity index (χ0v) is 11.4. The highest BCUT2D eigenvalue weighted by molar-refractivity contribution is 5.44. The lowest BCUT2D eigenvalue weighted by Crippen LogP contribution is -2.46. The van der Waals surface area contributed by atoms with Crippen LogP contribution in [0.2, 0.25) is 0 Å². The fraction of sp³-hybridized carbons (Fsp3) is 0.643. The Balaban J connectivity index is 2.02. The first-order valence-corrected chi connectivity index (χ1v) is 6.60. The minimum Gasteiger partial charge on any atom is -0.378 e. The quantitative estimate of drug-likeness (QED) is 0.895. The van der Waals surface area contributed by atoms with Crippen molar-refractivity contribution in [3.8, 4) is 0 Å². The van der Waals surface area contributed by atoms with Crippen molar-refractivity contribution in [2.45, 2.75) is 38.4 Å². The van der Waals surface area contributed by atoms with Crippen molar-refractivity contribution in [2.24, 2.45) is 0 Å². The van der Waals surface area contributed by atoms with E-state index in [2.05, 4.69) is 30.2 Å². The Morgan fingerprint density at radius 2 is 2.22 bits per heavy atom. The molecule has 0 bridgehead atoms. The molecule has 1 fully saturated rings. The van der Waals surface area contributed by atoms with Gasteiger partial charge in [0.15, 0.2) is 0 Å². The lowest BCUT2D eigenvalue weighted by molar-refractivity contribution is 0.149. The summed E-state index contributed by atoms with van der Waals surface area (Å²) in [7, 11) is 1.96. The zero-order valence-electron chi connectivity index (χ0n) is 11.4. The van der Waals surface area contributed by atoms with Crippen LogP contribution in [0.5, 0.6) is 0 Å². The maximum atomic E-state index is 13.9. The third-order valence-corrected chi connectivity index (χ3v) is 3.52. The molecule has 0 amide bonds. The topological polar surface area (TPSA) is 28.2 Å². The predicted octanol–water partition coefficient (Wildman–Crippen LogP) is 2.66. The third kappa shape index (κ3) is 3.19. The summed E-state index contributed by atoms with van der Waals surface area (Å²) in [5, 5.41) is 3.28. The summed E-state index contributed by atoms with van der Waals surface area (Å²) in [6.07, 6.45) is 3.67. The van der Waals surface area contributed by atoms with E-state index >= 15 is 0 Å². The van der Waals surface area contributed by atoms with E-state index in [-0.39, 0.29) is 6.04 Å². The number of nitrogens with zero attached hydrogens (tertiary/aromatic N) is 2. The van der Waals surface area contributed by atoms with E-state index in [1.54, 1.807) is 6.20 Å². The Bertz CT molecular complexity index is 394. The highest BCUT2D eigenvalue weighted by atomic mass is 19.1. The average Bonchev–Trinajstić information content (AvgIpc) is 2.33. The molecule has 1 aromatic rings. The Hall–Kier alpha value is -1.16. The van der Waals surface area contributed by atoms with Gasteiger partial charge in [0, 0.05) is 25.5 Å². The lowest BCUT2D eigenvalue weighted by Gasteiger charge is -2.33. The molecule has 1 aliphatic heterocycles. The molecule has 2 atom stereocenters. The van der Waals surface area contributed by atoms with Crippen molar-refractivity contribution in [3.63, 3.8) is 0 Å². The highest BCUT2D eigenvalue weighted by Gasteiger charge is 2.27. The van der Waals surface area contributed by atoms with Gasteiger partial charge in [-0.25, -0.2) is 4.39 Å². The van der Waals surface area contributed by atoms with Crippen LogP contribution in [0.25, 0.3) is 0 Å². The molecular weight excluding hydrogens is 229 g/mol. The molecule has 3 nitrogen and oxygen atoms in total. The second kappa shape index (κ2) is 5.65. The Labute approximate surface area is 108 Å². The zero-order chi connectivity index (χ0) is 13.1. The van der Waals surface area contributed by atoms with Crippen LogP contribution < -0.4 is 5.32 Å². The second-order valence-corrected chi connectivity index (χ2v) is 5.48. The first kappa shape index (κ1) is 13.3. The molecule has 100 valence electrons. The van der Waals surface area contributed by atoms with Gasteiger partial charge in [0.25, 0.3) is 0 Å². The lowest BCUT2D eigenvalue weighted by atomic mass is 10.0. The van der Waals surface area contributed by atoms with Crippen molar-refractivity contribution in [1.82, 2.24) is 9.88 Å². The number of hydrogen-bond acceptors (Lipinski definition) is 3. The van der Waals surface area contributed by atoms with E-state index in [1.165, 1.54) is 5.56 Å². The van der Waals surface area contributed by atoms with Gasteiger partial charge in [0.1, 0.15) is 6.17 Å². The molecule has 1 N–H and O–H groups in total. The first-order chi connectivity index (χ1) is 8.56. The van der Waals surface area contributed by atoms with Crippen LogP contribution in [-0.4, -0.2) is 42.2 Å². The molecule has 1 aromatic heterocycles. The molecule has 2 heterocycles. The summed E-state index contributed by atoms with van der Waals surface area (Å²) in [6, 6.07) is 1.98. The number of hydrogen-bond donors (Lipinski definition) is 1. The van der Waals surface area contributed by atoms with Crippen molar-refractivity contribution in [1.29, 1.82) is 0 Å². The van der Waals surface area contributed by atoms with Crippen LogP contribution in [0.15, 0.2) is 18.5 Å².